The van der Waals surface area contributed by atoms with Crippen molar-refractivity contribution in [2.45, 2.75) is 33.2 Å². The molecule has 0 aliphatic heterocycles. The first-order valence-corrected chi connectivity index (χ1v) is 7.45. The maximum absolute atomic E-state index is 10.0. The molecule has 0 aromatic heterocycles. The van der Waals surface area contributed by atoms with Crippen molar-refractivity contribution in [2.24, 2.45) is 0 Å². The van der Waals surface area contributed by atoms with Gasteiger partial charge < -0.3 is 20.1 Å². The number of hydrogen-bond acceptors (Lipinski definition) is 4. The molecule has 4 heteroatoms. The molecule has 0 amide bonds. The van der Waals surface area contributed by atoms with Crippen molar-refractivity contribution in [3.05, 3.63) is 23.8 Å². The summed E-state index contributed by atoms with van der Waals surface area (Å²) < 4.78 is 5.10. The lowest BCUT2D eigenvalue weighted by Crippen LogP contribution is -2.33. The molecule has 1 aromatic carbocycles. The van der Waals surface area contributed by atoms with Crippen molar-refractivity contribution >= 4 is 0 Å². The van der Waals surface area contributed by atoms with Crippen LogP contribution in [0.15, 0.2) is 18.2 Å². The Bertz CT molecular complexity index is 396. The number of phenols is 1. The Balaban J connectivity index is 2.48. The second-order valence-electron chi connectivity index (χ2n) is 5.03. The van der Waals surface area contributed by atoms with Crippen LogP contribution >= 0.6 is 0 Å². The highest BCUT2D eigenvalue weighted by Crippen LogP contribution is 2.28. The van der Waals surface area contributed by atoms with Crippen LogP contribution < -0.4 is 10.1 Å². The second-order valence-corrected chi connectivity index (χ2v) is 5.03. The van der Waals surface area contributed by atoms with Crippen LogP contribution in [0.2, 0.25) is 0 Å². The van der Waals surface area contributed by atoms with Gasteiger partial charge in [-0.15, -0.1) is 0 Å². The summed E-state index contributed by atoms with van der Waals surface area (Å²) in [6.45, 7) is 10.6. The molecule has 0 heterocycles. The lowest BCUT2D eigenvalue weighted by Gasteiger charge is -2.22. The average Bonchev–Trinajstić information content (AvgIpc) is 2.45. The van der Waals surface area contributed by atoms with E-state index < -0.39 is 0 Å². The average molecular weight is 280 g/mol. The number of rotatable bonds is 9. The number of benzene rings is 1. The summed E-state index contributed by atoms with van der Waals surface area (Å²) in [6, 6.07) is 5.57. The van der Waals surface area contributed by atoms with Gasteiger partial charge in [-0.25, -0.2) is 0 Å². The number of phenolic OH excluding ortho intramolecular Hbond substituents is 1. The third-order valence-corrected chi connectivity index (χ3v) is 3.57. The number of aromatic hydroxyl groups is 1. The van der Waals surface area contributed by atoms with E-state index in [1.807, 2.05) is 12.1 Å². The number of nitrogens with zero attached hydrogens (tertiary/aromatic N) is 1. The van der Waals surface area contributed by atoms with Crippen LogP contribution in [-0.2, 0) is 0 Å². The quantitative estimate of drug-likeness (QED) is 0.730. The van der Waals surface area contributed by atoms with Crippen LogP contribution in [0.3, 0.4) is 0 Å². The van der Waals surface area contributed by atoms with Crippen LogP contribution in [0.5, 0.6) is 11.5 Å². The van der Waals surface area contributed by atoms with Crippen molar-refractivity contribution < 1.29 is 9.84 Å². The second kappa shape index (κ2) is 8.82. The Hall–Kier alpha value is -1.26. The molecule has 0 saturated carbocycles. The van der Waals surface area contributed by atoms with E-state index in [0.717, 1.165) is 31.7 Å². The monoisotopic (exact) mass is 280 g/mol. The van der Waals surface area contributed by atoms with Gasteiger partial charge in [0.2, 0.25) is 0 Å². The minimum absolute atomic E-state index is 0.126. The van der Waals surface area contributed by atoms with Gasteiger partial charge in [0.15, 0.2) is 0 Å². The Morgan fingerprint density at radius 1 is 1.30 bits per heavy atom. The topological polar surface area (TPSA) is 44.7 Å². The van der Waals surface area contributed by atoms with Gasteiger partial charge in [-0.2, -0.15) is 0 Å². The molecule has 4 nitrogen and oxygen atoms in total. The van der Waals surface area contributed by atoms with Gasteiger partial charge in [-0.05, 0) is 32.5 Å². The van der Waals surface area contributed by atoms with Gasteiger partial charge in [-0.3, -0.25) is 0 Å². The summed E-state index contributed by atoms with van der Waals surface area (Å²) in [6.07, 6.45) is 1.18. The van der Waals surface area contributed by atoms with Gasteiger partial charge in [0.1, 0.15) is 11.5 Å². The summed E-state index contributed by atoms with van der Waals surface area (Å²) >= 11 is 0. The molecule has 2 N–H and O–H groups in total. The molecule has 1 atom stereocenters. The molecule has 20 heavy (non-hydrogen) atoms. The maximum atomic E-state index is 10.0. The standard InChI is InChI=1S/C16H28N2O2/c1-5-10-18(6-2)11-9-17-13(3)15-8-7-14(20-4)12-16(15)19/h7-8,12-13,17,19H,5-6,9-11H2,1-4H3. The number of nitrogens with one attached hydrogen (secondary N) is 1. The molecular formula is C16H28N2O2. The summed E-state index contributed by atoms with van der Waals surface area (Å²) in [7, 11) is 1.60. The van der Waals surface area contributed by atoms with Crippen molar-refractivity contribution in [1.29, 1.82) is 0 Å². The molecule has 0 radical (unpaired) electrons. The van der Waals surface area contributed by atoms with Gasteiger partial charge >= 0.3 is 0 Å². The van der Waals surface area contributed by atoms with Crippen molar-refractivity contribution in [2.75, 3.05) is 33.3 Å². The van der Waals surface area contributed by atoms with E-state index in [4.69, 9.17) is 4.74 Å². The third kappa shape index (κ3) is 5.02. The Morgan fingerprint density at radius 3 is 2.60 bits per heavy atom. The first-order valence-electron chi connectivity index (χ1n) is 7.45. The highest BCUT2D eigenvalue weighted by atomic mass is 16.5. The van der Waals surface area contributed by atoms with Crippen LogP contribution in [-0.4, -0.2) is 43.3 Å². The zero-order chi connectivity index (χ0) is 15.0. The van der Waals surface area contributed by atoms with Gasteiger partial charge in [-0.1, -0.05) is 19.9 Å². The van der Waals surface area contributed by atoms with E-state index >= 15 is 0 Å². The molecule has 0 bridgehead atoms. The lowest BCUT2D eigenvalue weighted by molar-refractivity contribution is 0.283. The molecule has 0 spiro atoms. The SMILES string of the molecule is CCCN(CC)CCNC(C)c1ccc(OC)cc1O. The molecule has 0 aliphatic rings. The molecule has 1 rings (SSSR count). The molecule has 1 unspecified atom stereocenters. The molecule has 114 valence electrons. The van der Waals surface area contributed by atoms with Crippen LogP contribution in [0, 0.1) is 0 Å². The first-order chi connectivity index (χ1) is 9.62. The van der Waals surface area contributed by atoms with Gasteiger partial charge in [0, 0.05) is 30.8 Å². The Labute approximate surface area is 122 Å². The third-order valence-electron chi connectivity index (χ3n) is 3.57. The Kier molecular flexibility index (Phi) is 7.41. The Morgan fingerprint density at radius 2 is 2.05 bits per heavy atom. The van der Waals surface area contributed by atoms with E-state index in [1.165, 1.54) is 6.42 Å². The number of ether oxygens (including phenoxy) is 1. The van der Waals surface area contributed by atoms with Gasteiger partial charge in [0.05, 0.1) is 7.11 Å². The fourth-order valence-corrected chi connectivity index (χ4v) is 2.31. The number of hydrogen-bond donors (Lipinski definition) is 2. The zero-order valence-corrected chi connectivity index (χ0v) is 13.1. The van der Waals surface area contributed by atoms with E-state index in [1.54, 1.807) is 13.2 Å². The largest absolute Gasteiger partial charge is 0.507 e. The predicted octanol–water partition coefficient (Wildman–Crippen LogP) is 2.78. The normalized spacial score (nSPS) is 12.7. The highest BCUT2D eigenvalue weighted by Gasteiger charge is 2.11. The number of likely N-dealkylation sites (N-methyl/N-ethyl adjacent to an activating group) is 1. The molecular weight excluding hydrogens is 252 g/mol. The molecule has 0 saturated heterocycles. The van der Waals surface area contributed by atoms with Gasteiger partial charge in [0.25, 0.3) is 0 Å². The fraction of sp³-hybridized carbons (Fsp3) is 0.625. The fourth-order valence-electron chi connectivity index (χ4n) is 2.31. The molecule has 1 aromatic rings. The summed E-state index contributed by atoms with van der Waals surface area (Å²) in [5, 5.41) is 13.5. The maximum Gasteiger partial charge on any atom is 0.124 e. The van der Waals surface area contributed by atoms with E-state index in [2.05, 4.69) is 31.0 Å². The van der Waals surface area contributed by atoms with Crippen LogP contribution in [0.4, 0.5) is 0 Å². The first kappa shape index (κ1) is 16.8. The zero-order valence-electron chi connectivity index (χ0n) is 13.1. The summed E-state index contributed by atoms with van der Waals surface area (Å²) in [5.74, 6) is 0.962. The minimum atomic E-state index is 0.126. The smallest absolute Gasteiger partial charge is 0.124 e. The number of methoxy groups -OCH3 is 1. The van der Waals surface area contributed by atoms with E-state index in [9.17, 15) is 5.11 Å². The predicted molar refractivity (Wildman–Crippen MR) is 83.5 cm³/mol. The minimum Gasteiger partial charge on any atom is -0.507 e. The molecule has 0 aliphatic carbocycles. The molecule has 0 fully saturated rings. The summed E-state index contributed by atoms with van der Waals surface area (Å²) in [4.78, 5) is 2.42. The van der Waals surface area contributed by atoms with E-state index in [0.29, 0.717) is 5.75 Å². The van der Waals surface area contributed by atoms with Crippen LogP contribution in [0.25, 0.3) is 0 Å². The van der Waals surface area contributed by atoms with Crippen molar-refractivity contribution in [3.8, 4) is 11.5 Å². The summed E-state index contributed by atoms with van der Waals surface area (Å²) in [5.41, 5.74) is 0.907. The van der Waals surface area contributed by atoms with Crippen molar-refractivity contribution in [1.82, 2.24) is 10.2 Å². The lowest BCUT2D eigenvalue weighted by atomic mass is 10.1. The van der Waals surface area contributed by atoms with Crippen molar-refractivity contribution in [3.63, 3.8) is 0 Å². The van der Waals surface area contributed by atoms with E-state index in [-0.39, 0.29) is 11.8 Å². The van der Waals surface area contributed by atoms with Crippen LogP contribution in [0.1, 0.15) is 38.8 Å². The highest BCUT2D eigenvalue weighted by molar-refractivity contribution is 5.41.